The van der Waals surface area contributed by atoms with E-state index in [9.17, 15) is 4.79 Å². The third-order valence-electron chi connectivity index (χ3n) is 4.90. The number of likely N-dealkylation sites (tertiary alicyclic amines) is 1. The topological polar surface area (TPSA) is 105 Å². The molecule has 2 aromatic heterocycles. The van der Waals surface area contributed by atoms with Crippen LogP contribution in [0, 0.1) is 0 Å². The first-order valence-electron chi connectivity index (χ1n) is 9.39. The molecule has 0 aromatic carbocycles. The van der Waals surface area contributed by atoms with Crippen molar-refractivity contribution in [3.05, 3.63) is 36.5 Å². The molecule has 1 fully saturated rings. The Kier molecular flexibility index (Phi) is 6.59. The van der Waals surface area contributed by atoms with Gasteiger partial charge in [-0.3, -0.25) is 9.58 Å². The third-order valence-corrected chi connectivity index (χ3v) is 4.90. The fraction of sp³-hybridized carbons (Fsp3) is 0.556. The Morgan fingerprint density at radius 3 is 3.04 bits per heavy atom. The molecule has 2 amide bonds. The monoisotopic (exact) mass is 372 g/mol. The summed E-state index contributed by atoms with van der Waals surface area (Å²) in [6.07, 6.45) is 8.29. The van der Waals surface area contributed by atoms with Gasteiger partial charge >= 0.3 is 6.03 Å². The zero-order valence-electron chi connectivity index (χ0n) is 15.8. The number of aromatic nitrogens is 4. The number of rotatable bonds is 6. The summed E-state index contributed by atoms with van der Waals surface area (Å²) in [4.78, 5) is 25.1. The number of hydrogen-bond donors (Lipinski definition) is 2. The van der Waals surface area contributed by atoms with Gasteiger partial charge in [-0.25, -0.2) is 14.8 Å². The second kappa shape index (κ2) is 9.31. The minimum absolute atomic E-state index is 0.00428. The number of hydrogen-bond acceptors (Lipinski definition) is 6. The third kappa shape index (κ3) is 5.65. The summed E-state index contributed by atoms with van der Waals surface area (Å²) in [5.41, 5.74) is 5.73. The van der Waals surface area contributed by atoms with Gasteiger partial charge in [-0.15, -0.1) is 0 Å². The lowest BCUT2D eigenvalue weighted by atomic mass is 10.1. The van der Waals surface area contributed by atoms with E-state index in [4.69, 9.17) is 5.73 Å². The molecule has 3 heterocycles. The number of amides is 2. The summed E-state index contributed by atoms with van der Waals surface area (Å²) < 4.78 is 1.81. The van der Waals surface area contributed by atoms with Gasteiger partial charge in [0.15, 0.2) is 0 Å². The lowest BCUT2D eigenvalue weighted by Gasteiger charge is -2.26. The van der Waals surface area contributed by atoms with Crippen molar-refractivity contribution in [1.82, 2.24) is 34.9 Å². The largest absolute Gasteiger partial charge is 0.384 e. The van der Waals surface area contributed by atoms with Gasteiger partial charge in [0.05, 0.1) is 13.1 Å². The lowest BCUT2D eigenvalue weighted by Crippen LogP contribution is -2.42. The summed E-state index contributed by atoms with van der Waals surface area (Å²) >= 11 is 0. The molecule has 9 nitrogen and oxygen atoms in total. The Morgan fingerprint density at radius 1 is 1.37 bits per heavy atom. The van der Waals surface area contributed by atoms with Crippen LogP contribution in [-0.4, -0.2) is 68.3 Å². The molecule has 3 rings (SSSR count). The first-order chi connectivity index (χ1) is 13.1. The Hall–Kier alpha value is -2.68. The zero-order valence-corrected chi connectivity index (χ0v) is 15.8. The second-order valence-corrected chi connectivity index (χ2v) is 6.89. The van der Waals surface area contributed by atoms with Gasteiger partial charge in [0.25, 0.3) is 0 Å². The summed E-state index contributed by atoms with van der Waals surface area (Å²) in [7, 11) is 2.08. The average molecular weight is 372 g/mol. The summed E-state index contributed by atoms with van der Waals surface area (Å²) in [6.45, 7) is 3.45. The highest BCUT2D eigenvalue weighted by atomic mass is 16.2. The number of nitrogens with zero attached hydrogens (tertiary/aromatic N) is 6. The van der Waals surface area contributed by atoms with E-state index in [0.29, 0.717) is 31.5 Å². The van der Waals surface area contributed by atoms with E-state index in [2.05, 4.69) is 32.3 Å². The van der Waals surface area contributed by atoms with E-state index in [1.165, 1.54) is 0 Å². The molecule has 2 aromatic rings. The predicted molar refractivity (Wildman–Crippen MR) is 103 cm³/mol. The van der Waals surface area contributed by atoms with Crippen molar-refractivity contribution < 1.29 is 4.79 Å². The molecule has 0 bridgehead atoms. The molecule has 0 radical (unpaired) electrons. The van der Waals surface area contributed by atoms with Crippen LogP contribution in [0.15, 0.2) is 30.7 Å². The van der Waals surface area contributed by atoms with E-state index in [-0.39, 0.29) is 6.03 Å². The van der Waals surface area contributed by atoms with Crippen LogP contribution < -0.4 is 11.1 Å². The first-order valence-corrected chi connectivity index (χ1v) is 9.39. The molecule has 1 aliphatic rings. The van der Waals surface area contributed by atoms with Gasteiger partial charge < -0.3 is 16.0 Å². The number of nitrogens with two attached hydrogens (primary N) is 1. The van der Waals surface area contributed by atoms with Gasteiger partial charge in [-0.1, -0.05) is 0 Å². The molecule has 3 N–H and O–H groups in total. The molecule has 9 heteroatoms. The van der Waals surface area contributed by atoms with Crippen molar-refractivity contribution >= 4 is 11.8 Å². The normalized spacial score (nSPS) is 17.7. The molecule has 0 saturated carbocycles. The Labute approximate surface area is 159 Å². The average Bonchev–Trinajstić information content (AvgIpc) is 3.03. The van der Waals surface area contributed by atoms with Crippen LogP contribution in [0.5, 0.6) is 0 Å². The maximum atomic E-state index is 12.4. The van der Waals surface area contributed by atoms with Crippen LogP contribution in [0.1, 0.15) is 25.1 Å². The van der Waals surface area contributed by atoms with Crippen molar-refractivity contribution in [2.75, 3.05) is 32.4 Å². The highest BCUT2D eigenvalue weighted by molar-refractivity contribution is 5.74. The number of nitrogens with one attached hydrogen (secondary N) is 1. The molecular formula is C18H28N8O. The molecular weight excluding hydrogens is 344 g/mol. The molecule has 0 aliphatic carbocycles. The van der Waals surface area contributed by atoms with Crippen molar-refractivity contribution in [1.29, 1.82) is 0 Å². The van der Waals surface area contributed by atoms with Gasteiger partial charge in [0.2, 0.25) is 0 Å². The Bertz CT molecular complexity index is 720. The van der Waals surface area contributed by atoms with E-state index in [0.717, 1.165) is 38.2 Å². The highest BCUT2D eigenvalue weighted by Crippen LogP contribution is 2.17. The van der Waals surface area contributed by atoms with E-state index in [1.54, 1.807) is 18.5 Å². The minimum Gasteiger partial charge on any atom is -0.384 e. The van der Waals surface area contributed by atoms with Gasteiger partial charge in [-0.2, -0.15) is 5.10 Å². The van der Waals surface area contributed by atoms with Gasteiger partial charge in [-0.05, 0) is 38.4 Å². The Morgan fingerprint density at radius 2 is 2.26 bits per heavy atom. The first kappa shape index (κ1) is 19.1. The smallest absolute Gasteiger partial charge is 0.317 e. The highest BCUT2D eigenvalue weighted by Gasteiger charge is 2.23. The Balaban J connectivity index is 1.44. The van der Waals surface area contributed by atoms with E-state index < -0.39 is 0 Å². The van der Waals surface area contributed by atoms with Crippen LogP contribution in [0.4, 0.5) is 10.6 Å². The molecule has 1 atom stereocenters. The molecule has 146 valence electrons. The van der Waals surface area contributed by atoms with Crippen molar-refractivity contribution in [2.45, 2.75) is 38.4 Å². The summed E-state index contributed by atoms with van der Waals surface area (Å²) in [5, 5.41) is 7.13. The van der Waals surface area contributed by atoms with Gasteiger partial charge in [0, 0.05) is 44.3 Å². The number of carbonyl (C=O) groups excluding carboxylic acids is 1. The summed E-state index contributed by atoms with van der Waals surface area (Å²) in [6, 6.07) is 3.97. The molecule has 0 unspecified atom stereocenters. The molecule has 1 aliphatic heterocycles. The standard InChI is InChI=1S/C18H28N8O/c1-24(14-17-20-8-5-16(19)23-17)15-4-2-10-25(12-6-15)18(27)21-9-13-26-11-3-7-22-26/h3,5,7-8,11,15H,2,4,6,9-10,12-14H2,1H3,(H,21,27)(H2,19,20,23)/t15-/m1/s1. The van der Waals surface area contributed by atoms with Crippen LogP contribution >= 0.6 is 0 Å². The quantitative estimate of drug-likeness (QED) is 0.782. The molecule has 1 saturated heterocycles. The lowest BCUT2D eigenvalue weighted by molar-refractivity contribution is 0.190. The number of nitrogen functional groups attached to an aromatic ring is 1. The number of carbonyl (C=O) groups is 1. The van der Waals surface area contributed by atoms with Crippen molar-refractivity contribution in [2.24, 2.45) is 0 Å². The predicted octanol–water partition coefficient (Wildman–Crippen LogP) is 0.951. The second-order valence-electron chi connectivity index (χ2n) is 6.89. The number of anilines is 1. The van der Waals surface area contributed by atoms with E-state index in [1.807, 2.05) is 21.8 Å². The van der Waals surface area contributed by atoms with Crippen LogP contribution in [0.25, 0.3) is 0 Å². The maximum Gasteiger partial charge on any atom is 0.317 e. The summed E-state index contributed by atoms with van der Waals surface area (Å²) in [5.74, 6) is 1.22. The van der Waals surface area contributed by atoms with Crippen molar-refractivity contribution in [3.8, 4) is 0 Å². The fourth-order valence-electron chi connectivity index (χ4n) is 3.39. The van der Waals surface area contributed by atoms with Gasteiger partial charge in [0.1, 0.15) is 11.6 Å². The fourth-order valence-corrected chi connectivity index (χ4v) is 3.39. The molecule has 0 spiro atoms. The minimum atomic E-state index is 0.00428. The van der Waals surface area contributed by atoms with Crippen LogP contribution in [0.3, 0.4) is 0 Å². The maximum absolute atomic E-state index is 12.4. The molecule has 27 heavy (non-hydrogen) atoms. The van der Waals surface area contributed by atoms with E-state index >= 15 is 0 Å². The SMILES string of the molecule is CN(Cc1nccc(N)n1)[C@@H]1CCCN(C(=O)NCCn2cccn2)CC1. The van der Waals surface area contributed by atoms with Crippen LogP contribution in [0.2, 0.25) is 0 Å². The van der Waals surface area contributed by atoms with Crippen molar-refractivity contribution in [3.63, 3.8) is 0 Å². The zero-order chi connectivity index (χ0) is 19.1. The number of urea groups is 1. The van der Waals surface area contributed by atoms with Crippen LogP contribution in [-0.2, 0) is 13.1 Å².